The van der Waals surface area contributed by atoms with Gasteiger partial charge in [-0.1, -0.05) is 12.1 Å². The quantitative estimate of drug-likeness (QED) is 0.419. The fraction of sp³-hybridized carbons (Fsp3) is 0.130. The maximum atomic E-state index is 14.3. The van der Waals surface area contributed by atoms with Crippen LogP contribution in [0.1, 0.15) is 38.9 Å². The van der Waals surface area contributed by atoms with Crippen LogP contribution in [0.15, 0.2) is 67.0 Å². The summed E-state index contributed by atoms with van der Waals surface area (Å²) >= 11 is 0. The van der Waals surface area contributed by atoms with Gasteiger partial charge in [0.1, 0.15) is 18.2 Å². The SMILES string of the molecule is O=C(N[C@@H](c1ccc(CF)c(F)c1)c1ncccc1C(F)(F)F)c1ccc2cccnc2n1. The van der Waals surface area contributed by atoms with E-state index < -0.39 is 41.9 Å². The molecule has 1 amide bonds. The van der Waals surface area contributed by atoms with E-state index >= 15 is 0 Å². The standard InChI is InChI=1S/C23H15F5N4O/c24-12-15-6-5-14(11-17(15)25)19(20-16(23(26,27)28)4-2-9-29-20)32-22(33)18-8-7-13-3-1-10-30-21(13)31-18/h1-11,19H,12H2,(H,32,33)/t19-/m0/s1. The van der Waals surface area contributed by atoms with Crippen LogP contribution in [-0.4, -0.2) is 20.9 Å². The van der Waals surface area contributed by atoms with Crippen molar-refractivity contribution in [2.75, 3.05) is 0 Å². The van der Waals surface area contributed by atoms with Crippen LogP contribution in [0.4, 0.5) is 22.0 Å². The summed E-state index contributed by atoms with van der Waals surface area (Å²) in [6.45, 7) is -1.09. The second kappa shape index (κ2) is 8.89. The molecule has 0 fully saturated rings. The van der Waals surface area contributed by atoms with Gasteiger partial charge in [0, 0.05) is 23.3 Å². The third-order valence-electron chi connectivity index (χ3n) is 4.94. The van der Waals surface area contributed by atoms with E-state index in [1.165, 1.54) is 18.3 Å². The Hall–Kier alpha value is -3.95. The Labute approximate surface area is 184 Å². The lowest BCUT2D eigenvalue weighted by Crippen LogP contribution is -2.32. The molecule has 0 radical (unpaired) electrons. The number of aromatic nitrogens is 3. The predicted molar refractivity (Wildman–Crippen MR) is 109 cm³/mol. The normalized spacial score (nSPS) is 12.5. The first kappa shape index (κ1) is 22.3. The molecule has 5 nitrogen and oxygen atoms in total. The van der Waals surface area contributed by atoms with Crippen molar-refractivity contribution in [3.8, 4) is 0 Å². The molecule has 1 atom stereocenters. The number of amides is 1. The number of carbonyl (C=O) groups excluding carboxylic acids is 1. The summed E-state index contributed by atoms with van der Waals surface area (Å²) < 4.78 is 68.2. The zero-order chi connectivity index (χ0) is 23.6. The number of alkyl halides is 4. The van der Waals surface area contributed by atoms with Crippen LogP contribution in [0.25, 0.3) is 11.0 Å². The number of hydrogen-bond donors (Lipinski definition) is 1. The summed E-state index contributed by atoms with van der Waals surface area (Å²) in [5.74, 6) is -1.77. The van der Waals surface area contributed by atoms with Crippen LogP contribution in [0, 0.1) is 5.82 Å². The average Bonchev–Trinajstić information content (AvgIpc) is 2.81. The number of carbonyl (C=O) groups is 1. The number of pyridine rings is 3. The van der Waals surface area contributed by atoms with Gasteiger partial charge in [-0.25, -0.2) is 18.7 Å². The van der Waals surface area contributed by atoms with E-state index in [0.29, 0.717) is 5.39 Å². The van der Waals surface area contributed by atoms with E-state index in [0.717, 1.165) is 30.5 Å². The molecule has 3 aromatic heterocycles. The molecule has 0 saturated heterocycles. The fourth-order valence-corrected chi connectivity index (χ4v) is 3.33. The summed E-state index contributed by atoms with van der Waals surface area (Å²) in [5.41, 5.74) is -1.77. The molecule has 0 aliphatic carbocycles. The number of fused-ring (bicyclic) bond motifs is 1. The minimum atomic E-state index is -4.78. The fourth-order valence-electron chi connectivity index (χ4n) is 3.33. The van der Waals surface area contributed by atoms with Crippen LogP contribution in [0.3, 0.4) is 0 Å². The topological polar surface area (TPSA) is 67.8 Å². The first-order valence-corrected chi connectivity index (χ1v) is 9.67. The number of hydrogen-bond acceptors (Lipinski definition) is 4. The van der Waals surface area contributed by atoms with Gasteiger partial charge in [-0.15, -0.1) is 0 Å². The molecule has 4 aromatic rings. The zero-order valence-electron chi connectivity index (χ0n) is 16.8. The van der Waals surface area contributed by atoms with Crippen LogP contribution >= 0.6 is 0 Å². The smallest absolute Gasteiger partial charge is 0.338 e. The lowest BCUT2D eigenvalue weighted by molar-refractivity contribution is -0.138. The second-order valence-electron chi connectivity index (χ2n) is 7.07. The maximum Gasteiger partial charge on any atom is 0.418 e. The summed E-state index contributed by atoms with van der Waals surface area (Å²) in [6.07, 6.45) is -2.16. The largest absolute Gasteiger partial charge is 0.418 e. The first-order chi connectivity index (χ1) is 15.8. The Bertz CT molecular complexity index is 1330. The maximum absolute atomic E-state index is 14.3. The van der Waals surface area contributed by atoms with Gasteiger partial charge in [0.25, 0.3) is 5.91 Å². The Balaban J connectivity index is 1.79. The molecular formula is C23H15F5N4O. The van der Waals surface area contributed by atoms with Gasteiger partial charge in [0.15, 0.2) is 5.65 Å². The van der Waals surface area contributed by atoms with Crippen molar-refractivity contribution >= 4 is 16.9 Å². The minimum Gasteiger partial charge on any atom is -0.338 e. The van der Waals surface area contributed by atoms with Crippen molar-refractivity contribution in [2.24, 2.45) is 0 Å². The van der Waals surface area contributed by atoms with Gasteiger partial charge in [0.05, 0.1) is 17.3 Å². The molecule has 1 N–H and O–H groups in total. The number of halogens is 5. The summed E-state index contributed by atoms with van der Waals surface area (Å²) in [5, 5.41) is 3.12. The van der Waals surface area contributed by atoms with E-state index in [1.54, 1.807) is 18.2 Å². The molecule has 3 heterocycles. The van der Waals surface area contributed by atoms with Gasteiger partial charge in [-0.2, -0.15) is 13.2 Å². The summed E-state index contributed by atoms with van der Waals surface area (Å²) in [6, 6.07) is 10.1. The second-order valence-corrected chi connectivity index (χ2v) is 7.07. The van der Waals surface area contributed by atoms with Crippen molar-refractivity contribution in [1.82, 2.24) is 20.3 Å². The molecule has 0 aliphatic rings. The molecule has 168 valence electrons. The van der Waals surface area contributed by atoms with Gasteiger partial charge >= 0.3 is 6.18 Å². The molecule has 0 saturated carbocycles. The van der Waals surface area contributed by atoms with E-state index in [9.17, 15) is 26.7 Å². The predicted octanol–water partition coefficient (Wildman–Crippen LogP) is 5.17. The molecule has 33 heavy (non-hydrogen) atoms. The average molecular weight is 458 g/mol. The Morgan fingerprint density at radius 2 is 1.76 bits per heavy atom. The van der Waals surface area contributed by atoms with E-state index in [2.05, 4.69) is 20.3 Å². The molecule has 4 rings (SSSR count). The monoisotopic (exact) mass is 458 g/mol. The highest BCUT2D eigenvalue weighted by Gasteiger charge is 2.37. The number of nitrogens with zero attached hydrogens (tertiary/aromatic N) is 3. The van der Waals surface area contributed by atoms with E-state index in [-0.39, 0.29) is 22.5 Å². The lowest BCUT2D eigenvalue weighted by Gasteiger charge is -2.22. The van der Waals surface area contributed by atoms with Crippen LogP contribution in [0.2, 0.25) is 0 Å². The molecular weight excluding hydrogens is 443 g/mol. The number of nitrogens with one attached hydrogen (secondary N) is 1. The van der Waals surface area contributed by atoms with Gasteiger partial charge in [-0.3, -0.25) is 9.78 Å². The third-order valence-corrected chi connectivity index (χ3v) is 4.94. The van der Waals surface area contributed by atoms with Crippen molar-refractivity contribution in [2.45, 2.75) is 18.9 Å². The highest BCUT2D eigenvalue weighted by atomic mass is 19.4. The summed E-state index contributed by atoms with van der Waals surface area (Å²) in [4.78, 5) is 25.0. The third kappa shape index (κ3) is 4.64. The van der Waals surface area contributed by atoms with Crippen LogP contribution in [0.5, 0.6) is 0 Å². The highest BCUT2D eigenvalue weighted by molar-refractivity contribution is 5.94. The van der Waals surface area contributed by atoms with Gasteiger partial charge < -0.3 is 5.32 Å². The number of rotatable bonds is 5. The van der Waals surface area contributed by atoms with E-state index in [1.807, 2.05) is 0 Å². The molecule has 10 heteroatoms. The van der Waals surface area contributed by atoms with Crippen molar-refractivity contribution < 1.29 is 26.7 Å². The molecule has 0 aliphatic heterocycles. The molecule has 0 unspecified atom stereocenters. The van der Waals surface area contributed by atoms with Gasteiger partial charge in [0.2, 0.25) is 0 Å². The van der Waals surface area contributed by atoms with Crippen LogP contribution in [-0.2, 0) is 12.9 Å². The molecule has 1 aromatic carbocycles. The van der Waals surface area contributed by atoms with Crippen molar-refractivity contribution in [3.05, 3.63) is 101 Å². The molecule has 0 bridgehead atoms. The minimum absolute atomic E-state index is 0.0406. The Morgan fingerprint density at radius 3 is 2.48 bits per heavy atom. The zero-order valence-corrected chi connectivity index (χ0v) is 16.8. The lowest BCUT2D eigenvalue weighted by atomic mass is 9.97. The molecule has 0 spiro atoms. The van der Waals surface area contributed by atoms with Crippen molar-refractivity contribution in [1.29, 1.82) is 0 Å². The van der Waals surface area contributed by atoms with Crippen molar-refractivity contribution in [3.63, 3.8) is 0 Å². The highest BCUT2D eigenvalue weighted by Crippen LogP contribution is 2.36. The first-order valence-electron chi connectivity index (χ1n) is 9.67. The van der Waals surface area contributed by atoms with E-state index in [4.69, 9.17) is 0 Å². The Morgan fingerprint density at radius 1 is 1.00 bits per heavy atom. The Kier molecular flexibility index (Phi) is 5.99. The number of benzene rings is 1. The van der Waals surface area contributed by atoms with Crippen LogP contribution < -0.4 is 5.32 Å². The summed E-state index contributed by atoms with van der Waals surface area (Å²) in [7, 11) is 0. The van der Waals surface area contributed by atoms with Gasteiger partial charge in [-0.05, 0) is 48.0 Å².